The Kier molecular flexibility index (Phi) is 9.64. The second-order valence-corrected chi connectivity index (χ2v) is 6.07. The van der Waals surface area contributed by atoms with Gasteiger partial charge in [0.2, 0.25) is 0 Å². The molecule has 5 heteroatoms. The van der Waals surface area contributed by atoms with E-state index in [1.165, 1.54) is 0 Å². The van der Waals surface area contributed by atoms with Gasteiger partial charge in [0.25, 0.3) is 0 Å². The van der Waals surface area contributed by atoms with Gasteiger partial charge in [-0.2, -0.15) is 10.2 Å². The Morgan fingerprint density at radius 1 is 1.00 bits per heavy atom. The molecule has 0 aliphatic heterocycles. The second kappa shape index (κ2) is 13.0. The van der Waals surface area contributed by atoms with Gasteiger partial charge in [-0.1, -0.05) is 25.7 Å². The Bertz CT molecular complexity index is 1130. The molecular formula is C26H22N2O3. The van der Waals surface area contributed by atoms with Crippen molar-refractivity contribution in [3.63, 3.8) is 0 Å². The van der Waals surface area contributed by atoms with Gasteiger partial charge in [-0.25, -0.2) is 4.79 Å². The first-order valence-corrected chi connectivity index (χ1v) is 9.65. The molecule has 0 fully saturated rings. The summed E-state index contributed by atoms with van der Waals surface area (Å²) < 4.78 is 10.8. The van der Waals surface area contributed by atoms with Gasteiger partial charge in [0.1, 0.15) is 5.75 Å². The lowest BCUT2D eigenvalue weighted by atomic mass is 10.2. The quantitative estimate of drug-likeness (QED) is 0.115. The molecule has 5 nitrogen and oxygen atoms in total. The lowest BCUT2D eigenvalue weighted by molar-refractivity contribution is -0.131. The molecule has 154 valence electrons. The van der Waals surface area contributed by atoms with Gasteiger partial charge in [0.15, 0.2) is 5.76 Å². The van der Waals surface area contributed by atoms with Crippen molar-refractivity contribution in [3.05, 3.63) is 102 Å². The summed E-state index contributed by atoms with van der Waals surface area (Å²) in [6, 6.07) is 14.4. The largest absolute Gasteiger partial charge is 0.494 e. The average molecular weight is 410 g/mol. The number of unbranched alkanes of at least 4 members (excludes halogenated alkanes) is 1. The molecule has 0 heterocycles. The number of esters is 1. The van der Waals surface area contributed by atoms with Crippen molar-refractivity contribution in [2.45, 2.75) is 19.8 Å². The molecule has 2 aromatic rings. The molecule has 0 saturated carbocycles. The van der Waals surface area contributed by atoms with Crippen LogP contribution < -0.4 is 4.74 Å². The van der Waals surface area contributed by atoms with Crippen molar-refractivity contribution in [2.24, 2.45) is 10.2 Å². The van der Waals surface area contributed by atoms with Crippen molar-refractivity contribution in [3.8, 4) is 5.75 Å². The Morgan fingerprint density at radius 2 is 1.65 bits per heavy atom. The SMILES string of the molecule is C=C=C=C=C=C=C(OC(=O)C=C)c1ccc(N=Nc2ccc(OCCCC)cc2)cc1. The van der Waals surface area contributed by atoms with Crippen LogP contribution in [0.1, 0.15) is 25.3 Å². The van der Waals surface area contributed by atoms with E-state index in [2.05, 4.69) is 59.0 Å². The van der Waals surface area contributed by atoms with E-state index < -0.39 is 5.97 Å². The summed E-state index contributed by atoms with van der Waals surface area (Å²) in [7, 11) is 0. The summed E-state index contributed by atoms with van der Waals surface area (Å²) >= 11 is 0. The smallest absolute Gasteiger partial charge is 0.336 e. The molecule has 2 rings (SSSR count). The fourth-order valence-corrected chi connectivity index (χ4v) is 2.20. The molecule has 0 unspecified atom stereocenters. The van der Waals surface area contributed by atoms with Crippen LogP contribution in [0.4, 0.5) is 11.4 Å². The van der Waals surface area contributed by atoms with Crippen LogP contribution in [-0.2, 0) is 9.53 Å². The van der Waals surface area contributed by atoms with Crippen molar-refractivity contribution in [1.29, 1.82) is 0 Å². The highest BCUT2D eigenvalue weighted by Crippen LogP contribution is 2.23. The van der Waals surface area contributed by atoms with E-state index in [1.54, 1.807) is 24.3 Å². The molecule has 0 bridgehead atoms. The van der Waals surface area contributed by atoms with Gasteiger partial charge in [-0.3, -0.25) is 0 Å². The molecule has 31 heavy (non-hydrogen) atoms. The summed E-state index contributed by atoms with van der Waals surface area (Å²) in [5, 5.41) is 8.45. The molecule has 0 spiro atoms. The molecular weight excluding hydrogens is 388 g/mol. The van der Waals surface area contributed by atoms with Gasteiger partial charge < -0.3 is 9.47 Å². The number of ether oxygens (including phenoxy) is 2. The predicted octanol–water partition coefficient (Wildman–Crippen LogP) is 6.76. The zero-order valence-corrected chi connectivity index (χ0v) is 17.4. The van der Waals surface area contributed by atoms with Crippen molar-refractivity contribution in [2.75, 3.05) is 6.61 Å². The zero-order chi connectivity index (χ0) is 22.3. The maximum atomic E-state index is 11.6. The normalized spacial score (nSPS) is 9.45. The number of carbonyl (C=O) groups is 1. The Hall–Kier alpha value is -4.31. The maximum absolute atomic E-state index is 11.6. The van der Waals surface area contributed by atoms with Crippen LogP contribution in [0.5, 0.6) is 5.75 Å². The molecule has 0 amide bonds. The second-order valence-electron chi connectivity index (χ2n) is 6.07. The van der Waals surface area contributed by atoms with Gasteiger partial charge in [0.05, 0.1) is 18.0 Å². The zero-order valence-electron chi connectivity index (χ0n) is 17.4. The lowest BCUT2D eigenvalue weighted by Gasteiger charge is -2.05. The van der Waals surface area contributed by atoms with E-state index in [9.17, 15) is 4.79 Å². The number of carbonyl (C=O) groups excluding carboxylic acids is 1. The Labute approximate surface area is 182 Å². The van der Waals surface area contributed by atoms with Gasteiger partial charge >= 0.3 is 5.97 Å². The molecule has 0 aliphatic rings. The van der Waals surface area contributed by atoms with Gasteiger partial charge in [0, 0.05) is 11.6 Å². The minimum absolute atomic E-state index is 0.158. The van der Waals surface area contributed by atoms with Crippen LogP contribution in [0.2, 0.25) is 0 Å². The number of benzene rings is 2. The lowest BCUT2D eigenvalue weighted by Crippen LogP contribution is -1.98. The third-order valence-electron chi connectivity index (χ3n) is 3.77. The van der Waals surface area contributed by atoms with E-state index in [1.807, 2.05) is 24.3 Å². The topological polar surface area (TPSA) is 60.2 Å². The van der Waals surface area contributed by atoms with Crippen LogP contribution in [0.15, 0.2) is 107 Å². The highest BCUT2D eigenvalue weighted by Gasteiger charge is 2.06. The molecule has 0 N–H and O–H groups in total. The number of rotatable bonds is 9. The first-order valence-electron chi connectivity index (χ1n) is 9.65. The van der Waals surface area contributed by atoms with Crippen LogP contribution in [-0.4, -0.2) is 12.6 Å². The molecule has 0 aliphatic carbocycles. The number of hydrogen-bond acceptors (Lipinski definition) is 5. The minimum atomic E-state index is -0.613. The first kappa shape index (κ1) is 23.0. The third kappa shape index (κ3) is 8.30. The number of hydrogen-bond donors (Lipinski definition) is 0. The summed E-state index contributed by atoms with van der Waals surface area (Å²) in [6.45, 7) is 9.58. The predicted molar refractivity (Wildman–Crippen MR) is 120 cm³/mol. The third-order valence-corrected chi connectivity index (χ3v) is 3.77. The highest BCUT2D eigenvalue weighted by molar-refractivity contribution is 5.86. The Morgan fingerprint density at radius 3 is 2.23 bits per heavy atom. The minimum Gasteiger partial charge on any atom is -0.494 e. The van der Waals surface area contributed by atoms with Crippen molar-refractivity contribution in [1.82, 2.24) is 0 Å². The average Bonchev–Trinajstić information content (AvgIpc) is 2.81. The molecule has 0 saturated heterocycles. The van der Waals surface area contributed by atoms with E-state index in [0.717, 1.165) is 24.7 Å². The highest BCUT2D eigenvalue weighted by atomic mass is 16.5. The number of nitrogens with zero attached hydrogens (tertiary/aromatic N) is 2. The standard InChI is InChI=1S/C26H22N2O3/c1-4-7-9-10-11-25(31-26(29)6-3)21-12-14-22(15-13-21)27-28-23-16-18-24(19-17-23)30-20-8-5-2/h6,12-19H,1,3,5,8,20H2,2H3. The summed E-state index contributed by atoms with van der Waals surface area (Å²) in [4.78, 5) is 11.6. The van der Waals surface area contributed by atoms with Crippen molar-refractivity contribution < 1.29 is 14.3 Å². The van der Waals surface area contributed by atoms with E-state index in [-0.39, 0.29) is 5.76 Å². The fourth-order valence-electron chi connectivity index (χ4n) is 2.20. The van der Waals surface area contributed by atoms with E-state index in [4.69, 9.17) is 9.47 Å². The first-order chi connectivity index (χ1) is 15.2. The van der Waals surface area contributed by atoms with E-state index >= 15 is 0 Å². The van der Waals surface area contributed by atoms with Crippen LogP contribution >= 0.6 is 0 Å². The van der Waals surface area contributed by atoms with Crippen molar-refractivity contribution >= 4 is 23.1 Å². The monoisotopic (exact) mass is 410 g/mol. The molecule has 0 atom stereocenters. The molecule has 0 radical (unpaired) electrons. The molecule has 0 aromatic heterocycles. The van der Waals surface area contributed by atoms with Crippen LogP contribution in [0.3, 0.4) is 0 Å². The Balaban J connectivity index is 2.16. The van der Waals surface area contributed by atoms with E-state index in [0.29, 0.717) is 23.5 Å². The summed E-state index contributed by atoms with van der Waals surface area (Å²) in [5.41, 5.74) is 14.7. The maximum Gasteiger partial charge on any atom is 0.336 e. The van der Waals surface area contributed by atoms with Crippen LogP contribution in [0, 0.1) is 0 Å². The summed E-state index contributed by atoms with van der Waals surface area (Å²) in [6.07, 6.45) is 3.18. The van der Waals surface area contributed by atoms with Gasteiger partial charge in [-0.15, -0.1) is 0 Å². The van der Waals surface area contributed by atoms with Gasteiger partial charge in [-0.05, 0) is 84.5 Å². The van der Waals surface area contributed by atoms with Crippen LogP contribution in [0.25, 0.3) is 5.76 Å². The summed E-state index contributed by atoms with van der Waals surface area (Å²) in [5.74, 6) is 0.356. The fraction of sp³-hybridized carbons (Fsp3) is 0.154. The molecule has 2 aromatic carbocycles. The number of azo groups is 1.